The molecule has 0 bridgehead atoms. The number of hydrogen-bond donors (Lipinski definition) is 2. The van der Waals surface area contributed by atoms with E-state index in [0.29, 0.717) is 18.0 Å². The number of rotatable bonds is 3. The molecule has 82 valence electrons. The molecule has 3 heteroatoms. The summed E-state index contributed by atoms with van der Waals surface area (Å²) >= 11 is 0. The van der Waals surface area contributed by atoms with Gasteiger partial charge >= 0.3 is 0 Å². The lowest BCUT2D eigenvalue weighted by molar-refractivity contribution is 0.0565. The average Bonchev–Trinajstić information content (AvgIpc) is 2.72. The van der Waals surface area contributed by atoms with E-state index in [2.05, 4.69) is 5.32 Å². The molecule has 0 aromatic carbocycles. The molecule has 2 rings (SSSR count). The molecule has 2 unspecified atom stereocenters. The van der Waals surface area contributed by atoms with E-state index < -0.39 is 0 Å². The molecule has 0 spiro atoms. The van der Waals surface area contributed by atoms with Gasteiger partial charge in [-0.1, -0.05) is 0 Å². The first-order valence-electron chi connectivity index (χ1n) is 5.93. The van der Waals surface area contributed by atoms with Crippen LogP contribution in [-0.4, -0.2) is 31.8 Å². The van der Waals surface area contributed by atoms with E-state index in [4.69, 9.17) is 10.5 Å². The fourth-order valence-electron chi connectivity index (χ4n) is 2.62. The maximum absolute atomic E-state index is 6.23. The van der Waals surface area contributed by atoms with Gasteiger partial charge in [0.2, 0.25) is 0 Å². The van der Waals surface area contributed by atoms with Crippen molar-refractivity contribution < 1.29 is 4.74 Å². The average molecular weight is 198 g/mol. The summed E-state index contributed by atoms with van der Waals surface area (Å²) in [6, 6.07) is 1.07. The van der Waals surface area contributed by atoms with Gasteiger partial charge < -0.3 is 15.8 Å². The molecule has 2 aliphatic heterocycles. The number of nitrogens with one attached hydrogen (secondary N) is 1. The Balaban J connectivity index is 1.72. The standard InChI is InChI=1S/C11H22N2O/c12-11(8-10-2-1-5-13-10)9-3-6-14-7-4-9/h9-11,13H,1-8,12H2. The van der Waals surface area contributed by atoms with Crippen molar-refractivity contribution in [1.82, 2.24) is 5.32 Å². The molecular weight excluding hydrogens is 176 g/mol. The van der Waals surface area contributed by atoms with Crippen molar-refractivity contribution in [2.45, 2.75) is 44.2 Å². The summed E-state index contributed by atoms with van der Waals surface area (Å²) in [5.74, 6) is 0.700. The Hall–Kier alpha value is -0.120. The van der Waals surface area contributed by atoms with Crippen LogP contribution in [0.25, 0.3) is 0 Å². The van der Waals surface area contributed by atoms with Gasteiger partial charge in [0.15, 0.2) is 0 Å². The van der Waals surface area contributed by atoms with E-state index in [1.807, 2.05) is 0 Å². The van der Waals surface area contributed by atoms with Crippen molar-refractivity contribution in [2.75, 3.05) is 19.8 Å². The molecule has 0 aromatic heterocycles. The molecule has 0 radical (unpaired) electrons. The largest absolute Gasteiger partial charge is 0.381 e. The first-order chi connectivity index (χ1) is 6.86. The predicted octanol–water partition coefficient (Wildman–Crippen LogP) is 0.882. The van der Waals surface area contributed by atoms with Crippen molar-refractivity contribution >= 4 is 0 Å². The highest BCUT2D eigenvalue weighted by atomic mass is 16.5. The molecule has 0 aliphatic carbocycles. The van der Waals surface area contributed by atoms with Gasteiger partial charge in [-0.25, -0.2) is 0 Å². The Labute approximate surface area is 86.4 Å². The van der Waals surface area contributed by atoms with E-state index in [1.54, 1.807) is 0 Å². The molecule has 2 aliphatic rings. The van der Waals surface area contributed by atoms with E-state index >= 15 is 0 Å². The zero-order valence-electron chi connectivity index (χ0n) is 8.87. The van der Waals surface area contributed by atoms with Crippen LogP contribution in [0.3, 0.4) is 0 Å². The first kappa shape index (κ1) is 10.4. The summed E-state index contributed by atoms with van der Waals surface area (Å²) in [7, 11) is 0. The zero-order valence-corrected chi connectivity index (χ0v) is 8.87. The minimum atomic E-state index is 0.384. The van der Waals surface area contributed by atoms with Gasteiger partial charge in [0, 0.05) is 25.3 Å². The van der Waals surface area contributed by atoms with Gasteiger partial charge in [-0.2, -0.15) is 0 Å². The maximum Gasteiger partial charge on any atom is 0.0469 e. The third-order valence-electron chi connectivity index (χ3n) is 3.59. The summed E-state index contributed by atoms with van der Waals surface area (Å²) < 4.78 is 5.35. The summed E-state index contributed by atoms with van der Waals surface area (Å²) in [5.41, 5.74) is 6.23. The lowest BCUT2D eigenvalue weighted by Crippen LogP contribution is -2.39. The van der Waals surface area contributed by atoms with Gasteiger partial charge in [0.1, 0.15) is 0 Å². The zero-order chi connectivity index (χ0) is 9.80. The molecule has 0 amide bonds. The van der Waals surface area contributed by atoms with Gasteiger partial charge in [-0.3, -0.25) is 0 Å². The van der Waals surface area contributed by atoms with Crippen LogP contribution in [0.5, 0.6) is 0 Å². The van der Waals surface area contributed by atoms with E-state index in [9.17, 15) is 0 Å². The second kappa shape index (κ2) is 5.10. The Morgan fingerprint density at radius 2 is 2.07 bits per heavy atom. The molecule has 0 aromatic rings. The van der Waals surface area contributed by atoms with Crippen LogP contribution in [0.15, 0.2) is 0 Å². The highest BCUT2D eigenvalue weighted by Gasteiger charge is 2.24. The van der Waals surface area contributed by atoms with E-state index in [0.717, 1.165) is 32.5 Å². The second-order valence-corrected chi connectivity index (χ2v) is 4.64. The van der Waals surface area contributed by atoms with Crippen molar-refractivity contribution in [3.8, 4) is 0 Å². The van der Waals surface area contributed by atoms with Crippen LogP contribution in [-0.2, 0) is 4.74 Å². The van der Waals surface area contributed by atoms with E-state index in [-0.39, 0.29) is 0 Å². The van der Waals surface area contributed by atoms with Crippen molar-refractivity contribution in [3.63, 3.8) is 0 Å². The molecule has 3 N–H and O–H groups in total. The van der Waals surface area contributed by atoms with Gasteiger partial charge in [-0.05, 0) is 44.6 Å². The molecule has 2 saturated heterocycles. The lowest BCUT2D eigenvalue weighted by atomic mass is 9.88. The molecule has 14 heavy (non-hydrogen) atoms. The summed E-state index contributed by atoms with van der Waals surface area (Å²) in [6.45, 7) is 3.01. The Kier molecular flexibility index (Phi) is 3.79. The molecule has 0 saturated carbocycles. The second-order valence-electron chi connectivity index (χ2n) is 4.64. The molecule has 2 fully saturated rings. The summed E-state index contributed by atoms with van der Waals surface area (Å²) in [6.07, 6.45) is 6.12. The maximum atomic E-state index is 6.23. The van der Waals surface area contributed by atoms with Crippen LogP contribution in [0, 0.1) is 5.92 Å². The molecule has 2 atom stereocenters. The highest BCUT2D eigenvalue weighted by molar-refractivity contribution is 4.83. The number of ether oxygens (including phenoxy) is 1. The van der Waals surface area contributed by atoms with Crippen LogP contribution in [0.2, 0.25) is 0 Å². The van der Waals surface area contributed by atoms with Crippen LogP contribution >= 0.6 is 0 Å². The normalized spacial score (nSPS) is 31.9. The molecule has 2 heterocycles. The first-order valence-corrected chi connectivity index (χ1v) is 5.93. The summed E-state index contributed by atoms with van der Waals surface area (Å²) in [5, 5.41) is 3.52. The van der Waals surface area contributed by atoms with Gasteiger partial charge in [0.05, 0.1) is 0 Å². The fourth-order valence-corrected chi connectivity index (χ4v) is 2.62. The van der Waals surface area contributed by atoms with Crippen molar-refractivity contribution in [1.29, 1.82) is 0 Å². The monoisotopic (exact) mass is 198 g/mol. The predicted molar refractivity (Wildman–Crippen MR) is 57.2 cm³/mol. The van der Waals surface area contributed by atoms with Crippen molar-refractivity contribution in [3.05, 3.63) is 0 Å². The highest BCUT2D eigenvalue weighted by Crippen LogP contribution is 2.22. The quantitative estimate of drug-likeness (QED) is 0.708. The fraction of sp³-hybridized carbons (Fsp3) is 1.00. The number of nitrogens with two attached hydrogens (primary N) is 1. The Morgan fingerprint density at radius 1 is 1.29 bits per heavy atom. The third-order valence-corrected chi connectivity index (χ3v) is 3.59. The van der Waals surface area contributed by atoms with Gasteiger partial charge in [-0.15, -0.1) is 0 Å². The topological polar surface area (TPSA) is 47.3 Å². The smallest absolute Gasteiger partial charge is 0.0469 e. The number of hydrogen-bond acceptors (Lipinski definition) is 3. The SMILES string of the molecule is NC(CC1CCCN1)C1CCOCC1. The van der Waals surface area contributed by atoms with E-state index in [1.165, 1.54) is 19.4 Å². The Bertz CT molecular complexity index is 163. The Morgan fingerprint density at radius 3 is 2.71 bits per heavy atom. The molecule has 3 nitrogen and oxygen atoms in total. The van der Waals surface area contributed by atoms with Crippen LogP contribution in [0.1, 0.15) is 32.1 Å². The van der Waals surface area contributed by atoms with Gasteiger partial charge in [0.25, 0.3) is 0 Å². The van der Waals surface area contributed by atoms with Crippen LogP contribution in [0.4, 0.5) is 0 Å². The minimum absolute atomic E-state index is 0.384. The summed E-state index contributed by atoms with van der Waals surface area (Å²) in [4.78, 5) is 0. The van der Waals surface area contributed by atoms with Crippen LogP contribution < -0.4 is 11.1 Å². The minimum Gasteiger partial charge on any atom is -0.381 e. The lowest BCUT2D eigenvalue weighted by Gasteiger charge is -2.29. The third kappa shape index (κ3) is 2.69. The van der Waals surface area contributed by atoms with Crippen molar-refractivity contribution in [2.24, 2.45) is 11.7 Å². The molecular formula is C11H22N2O.